The maximum absolute atomic E-state index is 12.5. The fourth-order valence-electron chi connectivity index (χ4n) is 2.63. The molecule has 0 unspecified atom stereocenters. The minimum atomic E-state index is -0.243. The Morgan fingerprint density at radius 1 is 1.33 bits per heavy atom. The lowest BCUT2D eigenvalue weighted by Crippen LogP contribution is -2.14. The molecule has 7 nitrogen and oxygen atoms in total. The van der Waals surface area contributed by atoms with Crippen molar-refractivity contribution in [1.29, 1.82) is 0 Å². The number of carbonyl (C=O) groups is 1. The second kappa shape index (κ2) is 6.27. The van der Waals surface area contributed by atoms with Gasteiger partial charge in [-0.1, -0.05) is 0 Å². The highest BCUT2D eigenvalue weighted by Gasteiger charge is 2.18. The van der Waals surface area contributed by atoms with Crippen molar-refractivity contribution in [3.8, 4) is 11.3 Å². The Morgan fingerprint density at radius 3 is 2.75 bits per heavy atom. The third kappa shape index (κ3) is 2.92. The van der Waals surface area contributed by atoms with Gasteiger partial charge in [0.1, 0.15) is 5.69 Å². The molecule has 0 aliphatic rings. The lowest BCUT2D eigenvalue weighted by Gasteiger charge is -2.08. The molecule has 7 heteroatoms. The maximum atomic E-state index is 12.5. The minimum absolute atomic E-state index is 0.235. The molecule has 0 aromatic carbocycles. The van der Waals surface area contributed by atoms with E-state index in [0.717, 1.165) is 22.6 Å². The Labute approximate surface area is 140 Å². The van der Waals surface area contributed by atoms with Gasteiger partial charge in [-0.25, -0.2) is 0 Å². The summed E-state index contributed by atoms with van der Waals surface area (Å²) in [7, 11) is 0. The second-order valence-electron chi connectivity index (χ2n) is 5.95. The summed E-state index contributed by atoms with van der Waals surface area (Å²) in [5.74, 6) is -0.243. The molecule has 3 aromatic rings. The molecule has 0 aliphatic carbocycles. The van der Waals surface area contributed by atoms with Gasteiger partial charge in [0, 0.05) is 24.0 Å². The zero-order valence-electron chi connectivity index (χ0n) is 14.2. The van der Waals surface area contributed by atoms with Crippen LogP contribution in [0.1, 0.15) is 41.8 Å². The van der Waals surface area contributed by atoms with Gasteiger partial charge in [0.15, 0.2) is 0 Å². The first kappa shape index (κ1) is 15.9. The molecule has 3 rings (SSSR count). The number of aromatic nitrogens is 5. The third-order valence-electron chi connectivity index (χ3n) is 3.83. The molecule has 0 saturated carbocycles. The molecule has 1 amide bonds. The van der Waals surface area contributed by atoms with E-state index in [-0.39, 0.29) is 11.9 Å². The predicted octanol–water partition coefficient (Wildman–Crippen LogP) is 3.12. The van der Waals surface area contributed by atoms with Gasteiger partial charge in [-0.3, -0.25) is 19.6 Å². The molecule has 0 radical (unpaired) electrons. The summed E-state index contributed by atoms with van der Waals surface area (Å²) in [6.45, 7) is 7.94. The highest BCUT2D eigenvalue weighted by Crippen LogP contribution is 2.23. The summed E-state index contributed by atoms with van der Waals surface area (Å²) in [6, 6.07) is 5.67. The Hall–Kier alpha value is -2.96. The molecule has 0 fully saturated rings. The van der Waals surface area contributed by atoms with Crippen molar-refractivity contribution in [2.75, 3.05) is 5.32 Å². The number of rotatable bonds is 4. The number of hydrogen-bond donors (Lipinski definition) is 2. The fraction of sp³-hybridized carbons (Fsp3) is 0.294. The van der Waals surface area contributed by atoms with E-state index in [2.05, 4.69) is 39.4 Å². The van der Waals surface area contributed by atoms with Crippen LogP contribution >= 0.6 is 0 Å². The molecule has 0 atom stereocenters. The van der Waals surface area contributed by atoms with Crippen LogP contribution in [0.15, 0.2) is 30.6 Å². The average molecular weight is 324 g/mol. The standard InChI is InChI=1S/C17H20N6O/c1-10(2)23-12(4)16(11(3)22-23)19-17(24)15-8-14(20-21-15)13-6-5-7-18-9-13/h5-10H,1-4H3,(H,19,24)(H,20,21). The molecule has 2 N–H and O–H groups in total. The van der Waals surface area contributed by atoms with Gasteiger partial charge in [0.25, 0.3) is 5.91 Å². The quantitative estimate of drug-likeness (QED) is 0.771. The summed E-state index contributed by atoms with van der Waals surface area (Å²) in [5.41, 5.74) is 4.40. The van der Waals surface area contributed by atoms with Crippen molar-refractivity contribution in [3.05, 3.63) is 47.7 Å². The maximum Gasteiger partial charge on any atom is 0.273 e. The zero-order valence-corrected chi connectivity index (χ0v) is 14.2. The molecule has 0 bridgehead atoms. The van der Waals surface area contributed by atoms with E-state index in [1.54, 1.807) is 18.5 Å². The highest BCUT2D eigenvalue weighted by molar-refractivity contribution is 6.04. The van der Waals surface area contributed by atoms with E-state index >= 15 is 0 Å². The SMILES string of the molecule is Cc1nn(C(C)C)c(C)c1NC(=O)c1cc(-c2cccnc2)n[nH]1. The van der Waals surface area contributed by atoms with E-state index in [1.165, 1.54) is 0 Å². The number of nitrogens with zero attached hydrogens (tertiary/aromatic N) is 4. The van der Waals surface area contributed by atoms with Crippen molar-refractivity contribution in [1.82, 2.24) is 25.0 Å². The molecule has 124 valence electrons. The zero-order chi connectivity index (χ0) is 17.3. The number of nitrogens with one attached hydrogen (secondary N) is 2. The van der Waals surface area contributed by atoms with Crippen LogP contribution in [-0.2, 0) is 0 Å². The number of aryl methyl sites for hydroxylation is 1. The summed E-state index contributed by atoms with van der Waals surface area (Å²) in [6.07, 6.45) is 3.40. The molecule has 3 heterocycles. The van der Waals surface area contributed by atoms with Crippen molar-refractivity contribution in [2.24, 2.45) is 0 Å². The van der Waals surface area contributed by atoms with Gasteiger partial charge < -0.3 is 5.32 Å². The fourth-order valence-corrected chi connectivity index (χ4v) is 2.63. The van der Waals surface area contributed by atoms with E-state index in [4.69, 9.17) is 0 Å². The Kier molecular flexibility index (Phi) is 4.16. The Morgan fingerprint density at radius 2 is 2.12 bits per heavy atom. The largest absolute Gasteiger partial charge is 0.318 e. The number of amides is 1. The molecule has 24 heavy (non-hydrogen) atoms. The molecule has 0 saturated heterocycles. The van der Waals surface area contributed by atoms with E-state index < -0.39 is 0 Å². The molecule has 3 aromatic heterocycles. The first-order chi connectivity index (χ1) is 11.5. The van der Waals surface area contributed by atoms with Gasteiger partial charge in [-0.05, 0) is 45.9 Å². The number of anilines is 1. The summed E-state index contributed by atoms with van der Waals surface area (Å²) in [4.78, 5) is 16.6. The lowest BCUT2D eigenvalue weighted by molar-refractivity contribution is 0.102. The first-order valence-corrected chi connectivity index (χ1v) is 7.80. The number of carbonyl (C=O) groups excluding carboxylic acids is 1. The Balaban J connectivity index is 1.83. The molecular weight excluding hydrogens is 304 g/mol. The number of hydrogen-bond acceptors (Lipinski definition) is 4. The molecule has 0 aliphatic heterocycles. The van der Waals surface area contributed by atoms with Crippen LogP contribution in [-0.4, -0.2) is 30.9 Å². The van der Waals surface area contributed by atoms with Gasteiger partial charge in [0.2, 0.25) is 0 Å². The minimum Gasteiger partial charge on any atom is -0.318 e. The van der Waals surface area contributed by atoms with E-state index in [1.807, 2.05) is 30.7 Å². The first-order valence-electron chi connectivity index (χ1n) is 7.80. The van der Waals surface area contributed by atoms with E-state index in [0.29, 0.717) is 11.4 Å². The topological polar surface area (TPSA) is 88.5 Å². The Bertz CT molecular complexity index is 863. The highest BCUT2D eigenvalue weighted by atomic mass is 16.2. The number of aromatic amines is 1. The van der Waals surface area contributed by atoms with Gasteiger partial charge in [-0.2, -0.15) is 10.2 Å². The summed E-state index contributed by atoms with van der Waals surface area (Å²) < 4.78 is 1.90. The lowest BCUT2D eigenvalue weighted by atomic mass is 10.2. The molecule has 0 spiro atoms. The third-order valence-corrected chi connectivity index (χ3v) is 3.83. The van der Waals surface area contributed by atoms with Crippen LogP contribution in [0.2, 0.25) is 0 Å². The monoisotopic (exact) mass is 324 g/mol. The van der Waals surface area contributed by atoms with Gasteiger partial charge in [-0.15, -0.1) is 0 Å². The van der Waals surface area contributed by atoms with Crippen LogP contribution in [0.4, 0.5) is 5.69 Å². The normalized spacial score (nSPS) is 11.0. The van der Waals surface area contributed by atoms with E-state index in [9.17, 15) is 4.79 Å². The molecular formula is C17H20N6O. The van der Waals surface area contributed by atoms with Gasteiger partial charge >= 0.3 is 0 Å². The summed E-state index contributed by atoms with van der Waals surface area (Å²) in [5, 5.41) is 14.4. The number of pyridine rings is 1. The van der Waals surface area contributed by atoms with Crippen molar-refractivity contribution >= 4 is 11.6 Å². The predicted molar refractivity (Wildman–Crippen MR) is 91.9 cm³/mol. The van der Waals surface area contributed by atoms with Gasteiger partial charge in [0.05, 0.1) is 22.8 Å². The van der Waals surface area contributed by atoms with Crippen molar-refractivity contribution in [3.63, 3.8) is 0 Å². The van der Waals surface area contributed by atoms with Crippen LogP contribution in [0.3, 0.4) is 0 Å². The van der Waals surface area contributed by atoms with Crippen LogP contribution in [0.5, 0.6) is 0 Å². The second-order valence-corrected chi connectivity index (χ2v) is 5.95. The van der Waals surface area contributed by atoms with Crippen molar-refractivity contribution in [2.45, 2.75) is 33.7 Å². The van der Waals surface area contributed by atoms with Crippen molar-refractivity contribution < 1.29 is 4.79 Å². The van der Waals surface area contributed by atoms with Crippen LogP contribution in [0.25, 0.3) is 11.3 Å². The summed E-state index contributed by atoms with van der Waals surface area (Å²) >= 11 is 0. The number of H-pyrrole nitrogens is 1. The van der Waals surface area contributed by atoms with Crippen LogP contribution < -0.4 is 5.32 Å². The smallest absolute Gasteiger partial charge is 0.273 e. The van der Waals surface area contributed by atoms with Crippen LogP contribution in [0, 0.1) is 13.8 Å². The average Bonchev–Trinajstić information content (AvgIpc) is 3.16.